The van der Waals surface area contributed by atoms with E-state index >= 15 is 0 Å². The molecule has 0 unspecified atom stereocenters. The number of hydrogen-bond donors (Lipinski definition) is 2. The lowest BCUT2D eigenvalue weighted by molar-refractivity contribution is -0.192. The van der Waals surface area contributed by atoms with E-state index in [9.17, 15) is 26.4 Å². The summed E-state index contributed by atoms with van der Waals surface area (Å²) >= 11 is 0. The number of carboxylic acid groups (broad SMARTS) is 1. The van der Waals surface area contributed by atoms with Gasteiger partial charge in [-0.3, -0.25) is 4.79 Å². The lowest BCUT2D eigenvalue weighted by atomic mass is 10.1. The number of benzene rings is 1. The molecule has 1 fully saturated rings. The van der Waals surface area contributed by atoms with Crippen molar-refractivity contribution >= 4 is 21.9 Å². The zero-order chi connectivity index (χ0) is 26.3. The molecule has 34 heavy (non-hydrogen) atoms. The number of nitrogens with zero attached hydrogens (tertiary/aromatic N) is 2. The Hall–Kier alpha value is -2.18. The Balaban J connectivity index is 0.000000718. The molecular formula is C22H34F3N3O5S. The number of sulfonamides is 1. The Bertz CT molecular complexity index is 936. The summed E-state index contributed by atoms with van der Waals surface area (Å²) in [5.41, 5.74) is 2.57. The van der Waals surface area contributed by atoms with Crippen molar-refractivity contribution in [2.45, 2.75) is 52.1 Å². The highest BCUT2D eigenvalue weighted by molar-refractivity contribution is 7.89. The SMILES string of the molecule is Cc1cc(C)c(S(=O)(=O)N(CCC(=O)N2CCNCC2)CC(C)C)c(C)c1.O=C(O)C(F)(F)F. The molecule has 1 amide bonds. The van der Waals surface area contributed by atoms with E-state index in [4.69, 9.17) is 9.90 Å². The lowest BCUT2D eigenvalue weighted by Gasteiger charge is -2.29. The number of aryl methyl sites for hydroxylation is 3. The third-order valence-corrected chi connectivity index (χ3v) is 7.23. The fraction of sp³-hybridized carbons (Fsp3) is 0.636. The Morgan fingerprint density at radius 3 is 2.00 bits per heavy atom. The van der Waals surface area contributed by atoms with E-state index in [1.807, 2.05) is 51.7 Å². The van der Waals surface area contributed by atoms with Gasteiger partial charge in [-0.2, -0.15) is 17.5 Å². The molecule has 0 spiro atoms. The van der Waals surface area contributed by atoms with Crippen LogP contribution in [-0.2, 0) is 19.6 Å². The van der Waals surface area contributed by atoms with Gasteiger partial charge in [0, 0.05) is 45.7 Å². The second kappa shape index (κ2) is 12.5. The molecule has 0 radical (unpaired) electrons. The number of carboxylic acids is 1. The van der Waals surface area contributed by atoms with Crippen LogP contribution in [0, 0.1) is 26.7 Å². The summed E-state index contributed by atoms with van der Waals surface area (Å²) in [7, 11) is -3.65. The number of carbonyl (C=O) groups excluding carboxylic acids is 1. The molecule has 0 bridgehead atoms. The first-order valence-electron chi connectivity index (χ1n) is 10.9. The average Bonchev–Trinajstić information content (AvgIpc) is 2.69. The van der Waals surface area contributed by atoms with Crippen LogP contribution in [0.2, 0.25) is 0 Å². The minimum atomic E-state index is -5.08. The first-order chi connectivity index (χ1) is 15.6. The molecule has 0 aromatic heterocycles. The van der Waals surface area contributed by atoms with Crippen LogP contribution in [0.5, 0.6) is 0 Å². The maximum absolute atomic E-state index is 13.4. The first kappa shape index (κ1) is 29.9. The highest BCUT2D eigenvalue weighted by Crippen LogP contribution is 2.26. The van der Waals surface area contributed by atoms with Crippen LogP contribution in [0.15, 0.2) is 17.0 Å². The van der Waals surface area contributed by atoms with Crippen molar-refractivity contribution in [2.24, 2.45) is 5.92 Å². The van der Waals surface area contributed by atoms with Gasteiger partial charge in [-0.1, -0.05) is 31.5 Å². The summed E-state index contributed by atoms with van der Waals surface area (Å²) in [6, 6.07) is 3.80. The van der Waals surface area contributed by atoms with Crippen molar-refractivity contribution in [3.63, 3.8) is 0 Å². The molecule has 1 aliphatic rings. The predicted octanol–water partition coefficient (Wildman–Crippen LogP) is 2.71. The van der Waals surface area contributed by atoms with Gasteiger partial charge >= 0.3 is 12.1 Å². The van der Waals surface area contributed by atoms with E-state index in [-0.39, 0.29) is 24.8 Å². The van der Waals surface area contributed by atoms with E-state index in [1.165, 1.54) is 4.31 Å². The molecule has 8 nitrogen and oxygen atoms in total. The van der Waals surface area contributed by atoms with Gasteiger partial charge in [0.1, 0.15) is 0 Å². The summed E-state index contributed by atoms with van der Waals surface area (Å²) in [5.74, 6) is -2.55. The minimum absolute atomic E-state index is 0.0257. The molecule has 0 aliphatic carbocycles. The number of amides is 1. The summed E-state index contributed by atoms with van der Waals surface area (Å²) in [6.45, 7) is 13.2. The molecule has 2 N–H and O–H groups in total. The molecule has 1 heterocycles. The Kier molecular flexibility index (Phi) is 11.0. The van der Waals surface area contributed by atoms with E-state index in [0.717, 1.165) is 29.8 Å². The van der Waals surface area contributed by atoms with Crippen molar-refractivity contribution in [3.05, 3.63) is 28.8 Å². The topological polar surface area (TPSA) is 107 Å². The molecule has 1 aromatic carbocycles. The smallest absolute Gasteiger partial charge is 0.475 e. The van der Waals surface area contributed by atoms with Gasteiger partial charge < -0.3 is 15.3 Å². The van der Waals surface area contributed by atoms with Gasteiger partial charge in [-0.25, -0.2) is 13.2 Å². The normalized spacial score (nSPS) is 14.7. The van der Waals surface area contributed by atoms with Gasteiger partial charge in [0.25, 0.3) is 0 Å². The zero-order valence-corrected chi connectivity index (χ0v) is 21.0. The quantitative estimate of drug-likeness (QED) is 0.586. The van der Waals surface area contributed by atoms with Crippen LogP contribution in [-0.4, -0.2) is 80.1 Å². The maximum Gasteiger partial charge on any atom is 0.490 e. The van der Waals surface area contributed by atoms with Gasteiger partial charge in [0.05, 0.1) is 4.90 Å². The fourth-order valence-corrected chi connectivity index (χ4v) is 5.73. The van der Waals surface area contributed by atoms with E-state index in [2.05, 4.69) is 5.32 Å². The number of halogens is 3. The van der Waals surface area contributed by atoms with Crippen molar-refractivity contribution in [1.82, 2.24) is 14.5 Å². The number of piperazine rings is 1. The third kappa shape index (κ3) is 8.88. The van der Waals surface area contributed by atoms with E-state index in [0.29, 0.717) is 24.5 Å². The summed E-state index contributed by atoms with van der Waals surface area (Å²) in [6.07, 6.45) is -4.87. The second-order valence-electron chi connectivity index (χ2n) is 8.67. The Morgan fingerprint density at radius 2 is 1.59 bits per heavy atom. The van der Waals surface area contributed by atoms with Gasteiger partial charge in [-0.15, -0.1) is 0 Å². The van der Waals surface area contributed by atoms with E-state index in [1.54, 1.807) is 0 Å². The number of carbonyl (C=O) groups is 2. The van der Waals surface area contributed by atoms with Crippen molar-refractivity contribution in [2.75, 3.05) is 39.3 Å². The monoisotopic (exact) mass is 509 g/mol. The van der Waals surface area contributed by atoms with Crippen LogP contribution in [0.4, 0.5) is 13.2 Å². The Labute approximate surface area is 199 Å². The van der Waals surface area contributed by atoms with Crippen LogP contribution in [0.25, 0.3) is 0 Å². The number of hydrogen-bond acceptors (Lipinski definition) is 5. The van der Waals surface area contributed by atoms with Crippen LogP contribution < -0.4 is 5.32 Å². The third-order valence-electron chi connectivity index (χ3n) is 5.06. The summed E-state index contributed by atoms with van der Waals surface area (Å²) in [4.78, 5) is 23.6. The molecule has 12 heteroatoms. The largest absolute Gasteiger partial charge is 0.490 e. The molecule has 194 valence electrons. The van der Waals surface area contributed by atoms with Gasteiger partial charge in [0.2, 0.25) is 15.9 Å². The standard InChI is InChI=1S/C20H33N3O3S.C2HF3O2/c1-15(2)14-23(9-6-19(24)22-10-7-21-8-11-22)27(25,26)20-17(4)12-16(3)13-18(20)5;3-2(4,5)1(6)7/h12-13,15,21H,6-11,14H2,1-5H3;(H,6,7). The molecule has 1 aliphatic heterocycles. The highest BCUT2D eigenvalue weighted by Gasteiger charge is 2.38. The molecule has 0 atom stereocenters. The number of aliphatic carboxylic acids is 1. The number of rotatable bonds is 7. The zero-order valence-electron chi connectivity index (χ0n) is 20.2. The van der Waals surface area contributed by atoms with Gasteiger partial charge in [-0.05, 0) is 37.8 Å². The average molecular weight is 510 g/mol. The maximum atomic E-state index is 13.4. The molecule has 0 saturated carbocycles. The van der Waals surface area contributed by atoms with Crippen LogP contribution >= 0.6 is 0 Å². The number of nitrogens with one attached hydrogen (secondary N) is 1. The molecule has 1 aromatic rings. The van der Waals surface area contributed by atoms with Crippen molar-refractivity contribution in [3.8, 4) is 0 Å². The number of alkyl halides is 3. The summed E-state index contributed by atoms with van der Waals surface area (Å²) < 4.78 is 60.0. The van der Waals surface area contributed by atoms with Crippen molar-refractivity contribution < 1.29 is 36.3 Å². The fourth-order valence-electron chi connectivity index (χ4n) is 3.71. The van der Waals surface area contributed by atoms with Gasteiger partial charge in [0.15, 0.2) is 0 Å². The first-order valence-corrected chi connectivity index (χ1v) is 12.4. The minimum Gasteiger partial charge on any atom is -0.475 e. The van der Waals surface area contributed by atoms with Crippen LogP contribution in [0.1, 0.15) is 37.0 Å². The molecular weight excluding hydrogens is 475 g/mol. The van der Waals surface area contributed by atoms with Crippen molar-refractivity contribution in [1.29, 1.82) is 0 Å². The molecule has 2 rings (SSSR count). The highest BCUT2D eigenvalue weighted by atomic mass is 32.2. The predicted molar refractivity (Wildman–Crippen MR) is 122 cm³/mol. The van der Waals surface area contributed by atoms with Crippen LogP contribution in [0.3, 0.4) is 0 Å². The Morgan fingerprint density at radius 1 is 1.12 bits per heavy atom. The molecule has 1 saturated heterocycles. The summed E-state index contributed by atoms with van der Waals surface area (Å²) in [5, 5.41) is 10.3. The van der Waals surface area contributed by atoms with E-state index < -0.39 is 22.2 Å². The second-order valence-corrected chi connectivity index (χ2v) is 10.5. The lowest BCUT2D eigenvalue weighted by Crippen LogP contribution is -2.47.